The van der Waals surface area contributed by atoms with Gasteiger partial charge in [-0.25, -0.2) is 19.2 Å². The second kappa shape index (κ2) is 6.48. The molecule has 0 aliphatic heterocycles. The fraction of sp³-hybridized carbons (Fsp3) is 0.125. The smallest absolute Gasteiger partial charge is 0.338 e. The van der Waals surface area contributed by atoms with E-state index in [1.54, 1.807) is 12.1 Å². The Labute approximate surface area is 144 Å². The summed E-state index contributed by atoms with van der Waals surface area (Å²) in [5.74, 6) is -1.01. The zero-order valence-electron chi connectivity index (χ0n) is 12.5. The van der Waals surface area contributed by atoms with E-state index in [0.29, 0.717) is 15.8 Å². The molecule has 0 unspecified atom stereocenters. The number of nitrogens with zero attached hydrogens (tertiary/aromatic N) is 3. The Morgan fingerprint density at radius 3 is 2.75 bits per heavy atom. The van der Waals surface area contributed by atoms with E-state index in [2.05, 4.69) is 36.2 Å². The fourth-order valence-electron chi connectivity index (χ4n) is 2.31. The van der Waals surface area contributed by atoms with Gasteiger partial charge in [0.2, 0.25) is 0 Å². The summed E-state index contributed by atoms with van der Waals surface area (Å²) in [4.78, 5) is 23.6. The third-order valence-electron chi connectivity index (χ3n) is 3.55. The first kappa shape index (κ1) is 16.3. The Morgan fingerprint density at radius 2 is 2.04 bits per heavy atom. The maximum atomic E-state index is 13.4. The first-order valence-electron chi connectivity index (χ1n) is 7.02. The van der Waals surface area contributed by atoms with Crippen molar-refractivity contribution in [2.75, 3.05) is 5.32 Å². The van der Waals surface area contributed by atoms with Gasteiger partial charge in [0, 0.05) is 6.20 Å². The summed E-state index contributed by atoms with van der Waals surface area (Å²) in [5, 5.41) is 12.4. The minimum Gasteiger partial charge on any atom is -0.478 e. The van der Waals surface area contributed by atoms with Crippen LogP contribution in [-0.4, -0.2) is 26.0 Å². The Balaban J connectivity index is 1.99. The van der Waals surface area contributed by atoms with Gasteiger partial charge >= 0.3 is 5.97 Å². The molecule has 0 fully saturated rings. The first-order chi connectivity index (χ1) is 11.5. The number of nitrogens with one attached hydrogen (secondary N) is 1. The van der Waals surface area contributed by atoms with Gasteiger partial charge in [0.15, 0.2) is 5.82 Å². The summed E-state index contributed by atoms with van der Waals surface area (Å²) in [7, 11) is 0. The van der Waals surface area contributed by atoms with Crippen LogP contribution in [0.5, 0.6) is 0 Å². The van der Waals surface area contributed by atoms with Crippen molar-refractivity contribution >= 4 is 38.8 Å². The number of carboxylic acid groups (broad SMARTS) is 1. The molecule has 6 nitrogen and oxygen atoms in total. The van der Waals surface area contributed by atoms with E-state index in [9.17, 15) is 14.3 Å². The predicted octanol–water partition coefficient (Wildman–Crippen LogP) is 3.80. The van der Waals surface area contributed by atoms with Gasteiger partial charge in [0.05, 0.1) is 16.1 Å². The van der Waals surface area contributed by atoms with E-state index in [4.69, 9.17) is 0 Å². The lowest BCUT2D eigenvalue weighted by molar-refractivity contribution is 0.0698. The van der Waals surface area contributed by atoms with Gasteiger partial charge in [0.25, 0.3) is 0 Å². The molecule has 122 valence electrons. The van der Waals surface area contributed by atoms with E-state index in [-0.39, 0.29) is 22.9 Å². The van der Waals surface area contributed by atoms with Gasteiger partial charge in [-0.3, -0.25) is 4.98 Å². The topological polar surface area (TPSA) is 88.0 Å². The maximum Gasteiger partial charge on any atom is 0.338 e. The van der Waals surface area contributed by atoms with Crippen molar-refractivity contribution in [1.29, 1.82) is 0 Å². The van der Waals surface area contributed by atoms with E-state index in [0.717, 1.165) is 5.56 Å². The molecule has 1 atom stereocenters. The second-order valence-electron chi connectivity index (χ2n) is 5.12. The van der Waals surface area contributed by atoms with Crippen molar-refractivity contribution in [1.82, 2.24) is 15.0 Å². The number of aromatic carboxylic acids is 1. The van der Waals surface area contributed by atoms with Crippen LogP contribution < -0.4 is 5.32 Å². The van der Waals surface area contributed by atoms with Gasteiger partial charge in [-0.2, -0.15) is 0 Å². The average molecular weight is 391 g/mol. The standard InChI is InChI=1S/C16H12BrFN4O2/c1-8(9-2-3-12(18)11(17)6-9)22-15-14-13(20-7-21-15)10(16(23)24)4-5-19-14/h2-8H,1H3,(H,23,24)(H,20,21,22)/t8-/m0/s1. The number of anilines is 1. The van der Waals surface area contributed by atoms with Crippen molar-refractivity contribution in [2.24, 2.45) is 0 Å². The summed E-state index contributed by atoms with van der Waals surface area (Å²) < 4.78 is 13.7. The van der Waals surface area contributed by atoms with Crippen LogP contribution in [0.1, 0.15) is 28.9 Å². The average Bonchev–Trinajstić information content (AvgIpc) is 2.57. The SMILES string of the molecule is C[C@H](Nc1ncnc2c(C(=O)O)ccnc12)c1ccc(F)c(Br)c1. The molecule has 24 heavy (non-hydrogen) atoms. The van der Waals surface area contributed by atoms with Crippen molar-refractivity contribution < 1.29 is 14.3 Å². The zero-order valence-corrected chi connectivity index (χ0v) is 14.1. The number of fused-ring (bicyclic) bond motifs is 1. The zero-order chi connectivity index (χ0) is 17.3. The van der Waals surface area contributed by atoms with Gasteiger partial charge in [0.1, 0.15) is 23.2 Å². The number of aromatic nitrogens is 3. The Hall–Kier alpha value is -2.61. The van der Waals surface area contributed by atoms with Crippen LogP contribution in [0.25, 0.3) is 11.0 Å². The first-order valence-corrected chi connectivity index (χ1v) is 7.81. The van der Waals surface area contributed by atoms with Crippen molar-refractivity contribution in [3.05, 3.63) is 58.2 Å². The van der Waals surface area contributed by atoms with Crippen LogP contribution in [0, 0.1) is 5.82 Å². The number of hydrogen-bond acceptors (Lipinski definition) is 5. The summed E-state index contributed by atoms with van der Waals surface area (Å²) in [5.41, 5.74) is 1.52. The number of carboxylic acids is 1. The molecule has 0 aliphatic rings. The lowest BCUT2D eigenvalue weighted by Crippen LogP contribution is -2.10. The van der Waals surface area contributed by atoms with Gasteiger partial charge in [-0.15, -0.1) is 0 Å². The van der Waals surface area contributed by atoms with E-state index >= 15 is 0 Å². The van der Waals surface area contributed by atoms with Gasteiger partial charge in [-0.1, -0.05) is 6.07 Å². The molecule has 0 saturated heterocycles. The number of benzene rings is 1. The lowest BCUT2D eigenvalue weighted by Gasteiger charge is -2.16. The Kier molecular flexibility index (Phi) is 4.39. The van der Waals surface area contributed by atoms with Crippen LogP contribution in [-0.2, 0) is 0 Å². The summed E-state index contributed by atoms with van der Waals surface area (Å²) >= 11 is 3.16. The number of pyridine rings is 1. The third-order valence-corrected chi connectivity index (χ3v) is 4.16. The molecule has 8 heteroatoms. The van der Waals surface area contributed by atoms with E-state index in [1.807, 2.05) is 6.92 Å². The minimum atomic E-state index is -1.08. The molecule has 0 bridgehead atoms. The number of halogens is 2. The molecule has 3 rings (SSSR count). The maximum absolute atomic E-state index is 13.4. The van der Waals surface area contributed by atoms with Gasteiger partial charge < -0.3 is 10.4 Å². The van der Waals surface area contributed by atoms with Crippen molar-refractivity contribution in [3.8, 4) is 0 Å². The summed E-state index contributed by atoms with van der Waals surface area (Å²) in [6.07, 6.45) is 2.69. The normalized spacial score (nSPS) is 12.1. The number of carbonyl (C=O) groups is 1. The van der Waals surface area contributed by atoms with E-state index in [1.165, 1.54) is 24.7 Å². The molecule has 2 N–H and O–H groups in total. The van der Waals surface area contributed by atoms with Crippen LogP contribution >= 0.6 is 15.9 Å². The van der Waals surface area contributed by atoms with Gasteiger partial charge in [-0.05, 0) is 46.6 Å². The monoisotopic (exact) mass is 390 g/mol. The molecular formula is C16H12BrFN4O2. The molecule has 0 radical (unpaired) electrons. The molecule has 0 aliphatic carbocycles. The molecule has 0 saturated carbocycles. The van der Waals surface area contributed by atoms with Crippen molar-refractivity contribution in [3.63, 3.8) is 0 Å². The van der Waals surface area contributed by atoms with Crippen molar-refractivity contribution in [2.45, 2.75) is 13.0 Å². The molecule has 3 aromatic rings. The molecule has 2 heterocycles. The Bertz CT molecular complexity index is 935. The van der Waals surface area contributed by atoms with Crippen LogP contribution in [0.2, 0.25) is 0 Å². The quantitative estimate of drug-likeness (QED) is 0.704. The second-order valence-corrected chi connectivity index (χ2v) is 5.98. The molecule has 2 aromatic heterocycles. The highest BCUT2D eigenvalue weighted by Gasteiger charge is 2.16. The third kappa shape index (κ3) is 3.05. The van der Waals surface area contributed by atoms with Crippen LogP contribution in [0.4, 0.5) is 10.2 Å². The molecule has 1 aromatic carbocycles. The highest BCUT2D eigenvalue weighted by atomic mass is 79.9. The number of hydrogen-bond donors (Lipinski definition) is 2. The molecular weight excluding hydrogens is 379 g/mol. The molecule has 0 amide bonds. The number of rotatable bonds is 4. The lowest BCUT2D eigenvalue weighted by atomic mass is 10.1. The predicted molar refractivity (Wildman–Crippen MR) is 90.4 cm³/mol. The molecule has 0 spiro atoms. The highest BCUT2D eigenvalue weighted by Crippen LogP contribution is 2.26. The van der Waals surface area contributed by atoms with Crippen LogP contribution in [0.15, 0.2) is 41.3 Å². The summed E-state index contributed by atoms with van der Waals surface area (Å²) in [6, 6.07) is 5.90. The fourth-order valence-corrected chi connectivity index (χ4v) is 2.71. The minimum absolute atomic E-state index is 0.0580. The Morgan fingerprint density at radius 1 is 1.25 bits per heavy atom. The van der Waals surface area contributed by atoms with E-state index < -0.39 is 5.97 Å². The van der Waals surface area contributed by atoms with Crippen LogP contribution in [0.3, 0.4) is 0 Å². The largest absolute Gasteiger partial charge is 0.478 e. The summed E-state index contributed by atoms with van der Waals surface area (Å²) in [6.45, 7) is 1.88. The highest BCUT2D eigenvalue weighted by molar-refractivity contribution is 9.10.